The van der Waals surface area contributed by atoms with Gasteiger partial charge in [0.1, 0.15) is 5.82 Å². The van der Waals surface area contributed by atoms with Crippen molar-refractivity contribution in [3.05, 3.63) is 52.7 Å². The summed E-state index contributed by atoms with van der Waals surface area (Å²) in [6.07, 6.45) is 1.52. The van der Waals surface area contributed by atoms with Crippen LogP contribution in [-0.2, 0) is 0 Å². The molecule has 1 heterocycles. The predicted molar refractivity (Wildman–Crippen MR) is 82.7 cm³/mol. The number of pyridine rings is 1. The second-order valence-electron chi connectivity index (χ2n) is 4.50. The van der Waals surface area contributed by atoms with Crippen LogP contribution in [0.2, 0.25) is 5.02 Å². The lowest BCUT2D eigenvalue weighted by Gasteiger charge is -2.17. The van der Waals surface area contributed by atoms with Crippen LogP contribution in [0, 0.1) is 6.92 Å². The third-order valence-corrected chi connectivity index (χ3v) is 3.34. The fourth-order valence-corrected chi connectivity index (χ4v) is 2.08. The molecular formula is C15H16ClN3O. The molecule has 4 nitrogen and oxygen atoms in total. The van der Waals surface area contributed by atoms with Crippen LogP contribution in [0.4, 0.5) is 11.5 Å². The maximum atomic E-state index is 12.4. The molecule has 0 aliphatic heterocycles. The lowest BCUT2D eigenvalue weighted by atomic mass is 10.2. The molecule has 2 rings (SSSR count). The molecule has 0 saturated carbocycles. The molecule has 104 valence electrons. The van der Waals surface area contributed by atoms with E-state index in [9.17, 15) is 4.79 Å². The van der Waals surface area contributed by atoms with Gasteiger partial charge in [-0.15, -0.1) is 0 Å². The number of carbonyl (C=O) groups is 1. The highest BCUT2D eigenvalue weighted by Crippen LogP contribution is 2.22. The molecule has 0 unspecified atom stereocenters. The number of hydrogen-bond acceptors (Lipinski definition) is 3. The number of amides is 1. The summed E-state index contributed by atoms with van der Waals surface area (Å²) in [6.45, 7) is 2.01. The first-order chi connectivity index (χ1) is 9.52. The van der Waals surface area contributed by atoms with Crippen molar-refractivity contribution < 1.29 is 4.79 Å². The molecule has 1 aromatic carbocycles. The monoisotopic (exact) mass is 289 g/mol. The van der Waals surface area contributed by atoms with Crippen molar-refractivity contribution in [1.29, 1.82) is 0 Å². The molecule has 0 spiro atoms. The Morgan fingerprint density at radius 1 is 1.30 bits per heavy atom. The first-order valence-corrected chi connectivity index (χ1v) is 6.58. The topological polar surface area (TPSA) is 45.2 Å². The number of hydrogen-bond donors (Lipinski definition) is 1. The Kier molecular flexibility index (Phi) is 4.25. The van der Waals surface area contributed by atoms with E-state index in [-0.39, 0.29) is 5.91 Å². The average molecular weight is 290 g/mol. The second kappa shape index (κ2) is 5.92. The minimum absolute atomic E-state index is 0.147. The number of rotatable bonds is 3. The molecule has 20 heavy (non-hydrogen) atoms. The van der Waals surface area contributed by atoms with Crippen LogP contribution < -0.4 is 10.2 Å². The Labute approximate surface area is 123 Å². The number of benzene rings is 1. The van der Waals surface area contributed by atoms with E-state index in [1.807, 2.05) is 31.2 Å². The van der Waals surface area contributed by atoms with Gasteiger partial charge in [-0.3, -0.25) is 4.79 Å². The molecule has 0 aliphatic carbocycles. The van der Waals surface area contributed by atoms with Gasteiger partial charge in [-0.1, -0.05) is 29.3 Å². The summed E-state index contributed by atoms with van der Waals surface area (Å²) in [4.78, 5) is 18.1. The molecule has 2 aromatic rings. The van der Waals surface area contributed by atoms with Crippen molar-refractivity contribution in [3.63, 3.8) is 0 Å². The van der Waals surface area contributed by atoms with E-state index >= 15 is 0 Å². The standard InChI is InChI=1S/C15H16ClN3O/c1-10-4-6-12(7-5-10)19(3)15(20)11-8-13(16)14(17-2)18-9-11/h4-9H,1-3H3,(H,17,18). The molecule has 0 bridgehead atoms. The predicted octanol–water partition coefficient (Wildman–Crippen LogP) is 3.36. The average Bonchev–Trinajstić information content (AvgIpc) is 2.46. The normalized spacial score (nSPS) is 10.2. The Bertz CT molecular complexity index is 626. The second-order valence-corrected chi connectivity index (χ2v) is 4.91. The summed E-state index contributed by atoms with van der Waals surface area (Å²) < 4.78 is 0. The maximum absolute atomic E-state index is 12.4. The number of anilines is 2. The zero-order valence-electron chi connectivity index (χ0n) is 11.6. The van der Waals surface area contributed by atoms with Gasteiger partial charge in [-0.05, 0) is 25.1 Å². The number of nitrogens with one attached hydrogen (secondary N) is 1. The van der Waals surface area contributed by atoms with Crippen molar-refractivity contribution in [1.82, 2.24) is 4.98 Å². The van der Waals surface area contributed by atoms with Gasteiger partial charge >= 0.3 is 0 Å². The van der Waals surface area contributed by atoms with E-state index in [4.69, 9.17) is 11.6 Å². The zero-order chi connectivity index (χ0) is 14.7. The van der Waals surface area contributed by atoms with Crippen molar-refractivity contribution in [3.8, 4) is 0 Å². The van der Waals surface area contributed by atoms with Gasteiger partial charge in [0.25, 0.3) is 5.91 Å². The highest BCUT2D eigenvalue weighted by atomic mass is 35.5. The smallest absolute Gasteiger partial charge is 0.259 e. The van der Waals surface area contributed by atoms with Gasteiger partial charge in [0.2, 0.25) is 0 Å². The summed E-state index contributed by atoms with van der Waals surface area (Å²) in [5, 5.41) is 3.29. The third-order valence-electron chi connectivity index (χ3n) is 3.05. The molecule has 1 aromatic heterocycles. The van der Waals surface area contributed by atoms with Crippen LogP contribution in [0.5, 0.6) is 0 Å². The van der Waals surface area contributed by atoms with Gasteiger partial charge in [-0.25, -0.2) is 4.98 Å². The fraction of sp³-hybridized carbons (Fsp3) is 0.200. The minimum Gasteiger partial charge on any atom is -0.372 e. The zero-order valence-corrected chi connectivity index (χ0v) is 12.4. The van der Waals surface area contributed by atoms with Crippen LogP contribution in [0.15, 0.2) is 36.5 Å². The van der Waals surface area contributed by atoms with E-state index in [1.54, 1.807) is 25.1 Å². The van der Waals surface area contributed by atoms with Crippen LogP contribution in [0.1, 0.15) is 15.9 Å². The van der Waals surface area contributed by atoms with Crippen LogP contribution in [0.3, 0.4) is 0 Å². The Hall–Kier alpha value is -2.07. The molecule has 1 N–H and O–H groups in total. The molecule has 1 amide bonds. The molecule has 0 radical (unpaired) electrons. The summed E-state index contributed by atoms with van der Waals surface area (Å²) in [7, 11) is 3.46. The van der Waals surface area contributed by atoms with E-state index < -0.39 is 0 Å². The van der Waals surface area contributed by atoms with Gasteiger partial charge in [-0.2, -0.15) is 0 Å². The lowest BCUT2D eigenvalue weighted by Crippen LogP contribution is -2.26. The highest BCUT2D eigenvalue weighted by Gasteiger charge is 2.15. The summed E-state index contributed by atoms with van der Waals surface area (Å²) in [5.41, 5.74) is 2.43. The largest absolute Gasteiger partial charge is 0.372 e. The highest BCUT2D eigenvalue weighted by molar-refractivity contribution is 6.33. The minimum atomic E-state index is -0.147. The number of carbonyl (C=O) groups excluding carboxylic acids is 1. The van der Waals surface area contributed by atoms with E-state index in [0.717, 1.165) is 11.3 Å². The molecule has 0 aliphatic rings. The van der Waals surface area contributed by atoms with Gasteiger partial charge in [0.15, 0.2) is 0 Å². The number of aromatic nitrogens is 1. The molecule has 5 heteroatoms. The lowest BCUT2D eigenvalue weighted by molar-refractivity contribution is 0.0992. The van der Waals surface area contributed by atoms with Gasteiger partial charge in [0, 0.05) is 26.0 Å². The van der Waals surface area contributed by atoms with Gasteiger partial charge < -0.3 is 10.2 Å². The number of halogens is 1. The van der Waals surface area contributed by atoms with Crippen LogP contribution in [-0.4, -0.2) is 25.0 Å². The van der Waals surface area contributed by atoms with Crippen molar-refractivity contribution >= 4 is 29.0 Å². The van der Waals surface area contributed by atoms with E-state index in [2.05, 4.69) is 10.3 Å². The Morgan fingerprint density at radius 3 is 2.50 bits per heavy atom. The number of nitrogens with zero attached hydrogens (tertiary/aromatic N) is 2. The third kappa shape index (κ3) is 2.91. The maximum Gasteiger partial charge on any atom is 0.259 e. The fourth-order valence-electron chi connectivity index (χ4n) is 1.82. The first kappa shape index (κ1) is 14.3. The van der Waals surface area contributed by atoms with E-state index in [0.29, 0.717) is 16.4 Å². The van der Waals surface area contributed by atoms with E-state index in [1.165, 1.54) is 6.20 Å². The SMILES string of the molecule is CNc1ncc(C(=O)N(C)c2ccc(C)cc2)cc1Cl. The first-order valence-electron chi connectivity index (χ1n) is 6.21. The molecular weight excluding hydrogens is 274 g/mol. The van der Waals surface area contributed by atoms with Gasteiger partial charge in [0.05, 0.1) is 10.6 Å². The van der Waals surface area contributed by atoms with Crippen LogP contribution in [0.25, 0.3) is 0 Å². The van der Waals surface area contributed by atoms with Crippen molar-refractivity contribution in [2.24, 2.45) is 0 Å². The van der Waals surface area contributed by atoms with Crippen molar-refractivity contribution in [2.75, 3.05) is 24.3 Å². The Morgan fingerprint density at radius 2 is 1.95 bits per heavy atom. The molecule has 0 atom stereocenters. The van der Waals surface area contributed by atoms with Crippen LogP contribution >= 0.6 is 11.6 Å². The summed E-state index contributed by atoms with van der Waals surface area (Å²) in [6, 6.07) is 9.37. The molecule has 0 saturated heterocycles. The molecule has 0 fully saturated rings. The quantitative estimate of drug-likeness (QED) is 0.942. The number of aryl methyl sites for hydroxylation is 1. The summed E-state index contributed by atoms with van der Waals surface area (Å²) in [5.74, 6) is 0.409. The Balaban J connectivity index is 2.26. The summed E-state index contributed by atoms with van der Waals surface area (Å²) >= 11 is 6.05. The van der Waals surface area contributed by atoms with Crippen molar-refractivity contribution in [2.45, 2.75) is 6.92 Å².